The molecule has 1 heterocycles. The van der Waals surface area contributed by atoms with Crippen LogP contribution in [0, 0.1) is 0 Å². The minimum Gasteiger partial charge on any atom is -0.391 e. The number of hydrogen-bond acceptors (Lipinski definition) is 2. The number of fused-ring (bicyclic) bond motifs is 2. The number of nitrogens with zero attached hydrogens (tertiary/aromatic N) is 1. The van der Waals surface area contributed by atoms with Crippen LogP contribution in [0.25, 0.3) is 5.57 Å². The van der Waals surface area contributed by atoms with Gasteiger partial charge in [0.2, 0.25) is 0 Å². The molecular formula is C22H25Cl2NO. The van der Waals surface area contributed by atoms with Crippen LogP contribution in [0.2, 0.25) is 5.02 Å². The van der Waals surface area contributed by atoms with Crippen molar-refractivity contribution in [1.29, 1.82) is 0 Å². The van der Waals surface area contributed by atoms with Gasteiger partial charge in [-0.2, -0.15) is 0 Å². The van der Waals surface area contributed by atoms with E-state index in [0.29, 0.717) is 0 Å². The van der Waals surface area contributed by atoms with Gasteiger partial charge in [-0.15, -0.1) is 11.6 Å². The summed E-state index contributed by atoms with van der Waals surface area (Å²) >= 11 is 10.8. The Labute approximate surface area is 166 Å². The summed E-state index contributed by atoms with van der Waals surface area (Å²) in [4.78, 5) is 2.39. The van der Waals surface area contributed by atoms with E-state index in [2.05, 4.69) is 40.8 Å². The first-order valence-corrected chi connectivity index (χ1v) is 10.1. The second-order valence-corrected chi connectivity index (χ2v) is 7.33. The summed E-state index contributed by atoms with van der Waals surface area (Å²) < 4.78 is 0. The molecule has 1 aliphatic carbocycles. The van der Waals surface area contributed by atoms with Crippen molar-refractivity contribution < 1.29 is 5.11 Å². The molecule has 0 amide bonds. The van der Waals surface area contributed by atoms with Crippen molar-refractivity contribution in [2.45, 2.75) is 25.4 Å². The van der Waals surface area contributed by atoms with E-state index in [1.54, 1.807) is 0 Å². The Morgan fingerprint density at radius 3 is 2.65 bits per heavy atom. The highest BCUT2D eigenvalue weighted by Crippen LogP contribution is 2.39. The number of rotatable bonds is 4. The second-order valence-electron chi connectivity index (χ2n) is 6.89. The van der Waals surface area contributed by atoms with Gasteiger partial charge in [-0.3, -0.25) is 4.90 Å². The molecule has 0 saturated carbocycles. The first kappa shape index (κ1) is 19.4. The van der Waals surface area contributed by atoms with E-state index in [9.17, 15) is 5.11 Å². The third-order valence-electron chi connectivity index (χ3n) is 5.10. The fourth-order valence-corrected chi connectivity index (χ4v) is 4.17. The summed E-state index contributed by atoms with van der Waals surface area (Å²) in [6.45, 7) is 2.72. The van der Waals surface area contributed by atoms with Crippen molar-refractivity contribution >= 4 is 28.8 Å². The molecule has 4 rings (SSSR count). The van der Waals surface area contributed by atoms with Gasteiger partial charge in [-0.1, -0.05) is 48.0 Å². The highest BCUT2D eigenvalue weighted by atomic mass is 35.5. The Balaban J connectivity index is 0.000000948. The van der Waals surface area contributed by atoms with Gasteiger partial charge in [0.15, 0.2) is 0 Å². The van der Waals surface area contributed by atoms with Crippen molar-refractivity contribution in [3.05, 3.63) is 75.8 Å². The molecule has 2 aromatic rings. The zero-order valence-electron chi connectivity index (χ0n) is 15.1. The van der Waals surface area contributed by atoms with Crippen LogP contribution in [0.1, 0.15) is 23.1 Å². The van der Waals surface area contributed by atoms with E-state index in [1.165, 1.54) is 34.2 Å². The van der Waals surface area contributed by atoms with E-state index in [-0.39, 0.29) is 6.10 Å². The molecule has 2 aromatic carbocycles. The van der Waals surface area contributed by atoms with Crippen LogP contribution in [-0.2, 0) is 12.8 Å². The molecule has 0 saturated heterocycles. The molecule has 138 valence electrons. The lowest BCUT2D eigenvalue weighted by Crippen LogP contribution is -2.37. The smallest absolute Gasteiger partial charge is 0.0707 e. The third kappa shape index (κ3) is 4.50. The molecule has 2 nitrogen and oxygen atoms in total. The maximum absolute atomic E-state index is 10.4. The van der Waals surface area contributed by atoms with Crippen LogP contribution < -0.4 is 0 Å². The third-order valence-corrected chi connectivity index (χ3v) is 5.34. The Morgan fingerprint density at radius 2 is 1.88 bits per heavy atom. The van der Waals surface area contributed by atoms with Crippen LogP contribution in [0.4, 0.5) is 0 Å². The van der Waals surface area contributed by atoms with Crippen LogP contribution in [0.3, 0.4) is 0 Å². The van der Waals surface area contributed by atoms with Crippen LogP contribution in [-0.4, -0.2) is 42.1 Å². The van der Waals surface area contributed by atoms with Gasteiger partial charge in [0.1, 0.15) is 0 Å². The number of alkyl halides is 1. The molecule has 0 fully saturated rings. The summed E-state index contributed by atoms with van der Waals surface area (Å²) in [5.41, 5.74) is 6.94. The standard InChI is InChI=1S/C21H22ClNO.CH3Cl/c22-18-7-6-16-11-17-13-23(9-8-20(17)21(16)12-18)14-19(24)10-15-4-2-1-3-5-15;1-2/h1-7,12,19,24H,8-11,13-14H2;1H3. The Bertz CT molecular complexity index is 773. The van der Waals surface area contributed by atoms with E-state index in [4.69, 9.17) is 11.6 Å². The summed E-state index contributed by atoms with van der Waals surface area (Å²) in [5.74, 6) is 0. The highest BCUT2D eigenvalue weighted by Gasteiger charge is 2.27. The first-order valence-electron chi connectivity index (χ1n) is 9.01. The first-order chi connectivity index (χ1) is 12.7. The van der Waals surface area contributed by atoms with Crippen molar-refractivity contribution in [2.24, 2.45) is 0 Å². The van der Waals surface area contributed by atoms with Gasteiger partial charge in [0, 0.05) is 31.0 Å². The number of hydrogen-bond donors (Lipinski definition) is 1. The SMILES string of the molecule is CCl.OC(Cc1ccccc1)CN1CCC2=C(Cc3ccc(Cl)cc32)C1. The molecule has 4 heteroatoms. The topological polar surface area (TPSA) is 23.5 Å². The molecular weight excluding hydrogens is 365 g/mol. The molecule has 1 aliphatic heterocycles. The van der Waals surface area contributed by atoms with Gasteiger partial charge in [0.05, 0.1) is 6.10 Å². The lowest BCUT2D eigenvalue weighted by atomic mass is 9.98. The molecule has 26 heavy (non-hydrogen) atoms. The highest BCUT2D eigenvalue weighted by molar-refractivity contribution is 6.30. The lowest BCUT2D eigenvalue weighted by molar-refractivity contribution is 0.116. The molecule has 0 spiro atoms. The van der Waals surface area contributed by atoms with Crippen LogP contribution in [0.15, 0.2) is 54.1 Å². The zero-order valence-corrected chi connectivity index (χ0v) is 16.6. The minimum atomic E-state index is -0.312. The molecule has 2 aliphatic rings. The Hall–Kier alpha value is -1.32. The lowest BCUT2D eigenvalue weighted by Gasteiger charge is -2.30. The predicted octanol–water partition coefficient (Wildman–Crippen LogP) is 4.81. The van der Waals surface area contributed by atoms with Gasteiger partial charge in [-0.05, 0) is 59.2 Å². The summed E-state index contributed by atoms with van der Waals surface area (Å²) in [5, 5.41) is 11.3. The van der Waals surface area contributed by atoms with Crippen molar-refractivity contribution in [3.8, 4) is 0 Å². The van der Waals surface area contributed by atoms with Crippen molar-refractivity contribution in [3.63, 3.8) is 0 Å². The number of aliphatic hydroxyl groups excluding tert-OH is 1. The molecule has 1 N–H and O–H groups in total. The largest absolute Gasteiger partial charge is 0.391 e. The van der Waals surface area contributed by atoms with E-state index >= 15 is 0 Å². The van der Waals surface area contributed by atoms with Crippen molar-refractivity contribution in [1.82, 2.24) is 4.90 Å². The molecule has 0 bridgehead atoms. The normalized spacial score (nSPS) is 17.2. The quantitative estimate of drug-likeness (QED) is 0.757. The zero-order chi connectivity index (χ0) is 18.5. The maximum Gasteiger partial charge on any atom is 0.0707 e. The van der Waals surface area contributed by atoms with Crippen molar-refractivity contribution in [2.75, 3.05) is 26.0 Å². The molecule has 1 unspecified atom stereocenters. The predicted molar refractivity (Wildman–Crippen MR) is 111 cm³/mol. The van der Waals surface area contributed by atoms with Gasteiger partial charge < -0.3 is 5.11 Å². The average Bonchev–Trinajstić information content (AvgIpc) is 3.01. The number of benzene rings is 2. The minimum absolute atomic E-state index is 0.312. The van der Waals surface area contributed by atoms with E-state index < -0.39 is 0 Å². The number of halogens is 2. The number of β-amino-alcohol motifs (C(OH)–C–C–N with tert-alkyl or cyclic N) is 1. The van der Waals surface area contributed by atoms with E-state index in [0.717, 1.165) is 43.9 Å². The monoisotopic (exact) mass is 389 g/mol. The van der Waals surface area contributed by atoms with Crippen LogP contribution >= 0.6 is 23.2 Å². The Kier molecular flexibility index (Phi) is 6.77. The van der Waals surface area contributed by atoms with E-state index in [1.807, 2.05) is 24.3 Å². The van der Waals surface area contributed by atoms with Gasteiger partial charge in [-0.25, -0.2) is 0 Å². The van der Waals surface area contributed by atoms with Gasteiger partial charge in [0.25, 0.3) is 0 Å². The maximum atomic E-state index is 10.4. The average molecular weight is 390 g/mol. The second kappa shape index (κ2) is 9.05. The van der Waals surface area contributed by atoms with Crippen LogP contribution in [0.5, 0.6) is 0 Å². The molecule has 1 atom stereocenters. The fourth-order valence-electron chi connectivity index (χ4n) is 4.00. The Morgan fingerprint density at radius 1 is 1.12 bits per heavy atom. The summed E-state index contributed by atoms with van der Waals surface area (Å²) in [6.07, 6.45) is 3.97. The fraction of sp³-hybridized carbons (Fsp3) is 0.364. The summed E-state index contributed by atoms with van der Waals surface area (Å²) in [6, 6.07) is 16.5. The molecule has 0 radical (unpaired) electrons. The summed E-state index contributed by atoms with van der Waals surface area (Å²) in [7, 11) is 0. The number of aliphatic hydroxyl groups is 1. The molecule has 0 aromatic heterocycles. The van der Waals surface area contributed by atoms with Gasteiger partial charge >= 0.3 is 0 Å².